The van der Waals surface area contributed by atoms with E-state index >= 15 is 0 Å². The van der Waals surface area contributed by atoms with Gasteiger partial charge in [0.2, 0.25) is 0 Å². The molecule has 0 atom stereocenters. The first-order valence-electron chi connectivity index (χ1n) is 13.0. The van der Waals surface area contributed by atoms with E-state index in [0.29, 0.717) is 0 Å². The molecule has 7 nitrogen and oxygen atoms in total. The molecule has 1 aromatic carbocycles. The average molecular weight is 489 g/mol. The Morgan fingerprint density at radius 1 is 0.892 bits per heavy atom. The predicted octanol–water partition coefficient (Wildman–Crippen LogP) is 6.71. The zero-order chi connectivity index (χ0) is 24.6. The van der Waals surface area contributed by atoms with Crippen LogP contribution in [0.3, 0.4) is 0 Å². The summed E-state index contributed by atoms with van der Waals surface area (Å²) in [5, 5.41) is 13.6. The molecule has 7 heteroatoms. The fourth-order valence-corrected chi connectivity index (χ4v) is 5.59. The van der Waals surface area contributed by atoms with E-state index in [1.165, 1.54) is 31.2 Å². The van der Waals surface area contributed by atoms with Crippen LogP contribution in [0.5, 0.6) is 0 Å². The van der Waals surface area contributed by atoms with Crippen molar-refractivity contribution in [3.8, 4) is 33.8 Å². The summed E-state index contributed by atoms with van der Waals surface area (Å²) in [4.78, 5) is 12.7. The van der Waals surface area contributed by atoms with Crippen LogP contribution in [-0.4, -0.2) is 31.7 Å². The number of nitrogens with one attached hydrogen (secondary N) is 3. The lowest BCUT2D eigenvalue weighted by Gasteiger charge is -2.11. The maximum absolute atomic E-state index is 5.29. The number of hydrogen-bond acceptors (Lipinski definition) is 5. The lowest BCUT2D eigenvalue weighted by atomic mass is 10.0. The Morgan fingerprint density at radius 2 is 1.81 bits per heavy atom. The maximum atomic E-state index is 5.29. The molecule has 0 radical (unpaired) electrons. The van der Waals surface area contributed by atoms with Gasteiger partial charge in [-0.1, -0.05) is 18.9 Å². The van der Waals surface area contributed by atoms with E-state index < -0.39 is 0 Å². The molecule has 0 aliphatic heterocycles. The summed E-state index contributed by atoms with van der Waals surface area (Å²) in [6, 6.07) is 14.7. The average Bonchev–Trinajstić information content (AvgIpc) is 3.74. The molecule has 7 rings (SSSR count). The van der Waals surface area contributed by atoms with Crippen LogP contribution >= 0.6 is 0 Å². The van der Waals surface area contributed by atoms with Crippen LogP contribution in [0.25, 0.3) is 55.6 Å². The monoisotopic (exact) mass is 488 g/mol. The van der Waals surface area contributed by atoms with Crippen LogP contribution in [0.4, 0.5) is 0 Å². The Labute approximate surface area is 214 Å². The van der Waals surface area contributed by atoms with Crippen molar-refractivity contribution in [2.75, 3.05) is 6.54 Å². The minimum Gasteiger partial charge on any atom is -0.472 e. The van der Waals surface area contributed by atoms with E-state index in [0.717, 1.165) is 74.6 Å². The third kappa shape index (κ3) is 4.21. The van der Waals surface area contributed by atoms with Crippen LogP contribution in [0, 0.1) is 5.92 Å². The summed E-state index contributed by atoms with van der Waals surface area (Å²) in [7, 11) is 0. The van der Waals surface area contributed by atoms with Gasteiger partial charge >= 0.3 is 0 Å². The van der Waals surface area contributed by atoms with Gasteiger partial charge in [0.05, 0.1) is 29.4 Å². The fraction of sp³-hybridized carbons (Fsp3) is 0.233. The third-order valence-corrected chi connectivity index (χ3v) is 7.53. The number of H-pyrrole nitrogens is 2. The lowest BCUT2D eigenvalue weighted by molar-refractivity contribution is 0.489. The molecule has 0 saturated heterocycles. The molecule has 184 valence electrons. The van der Waals surface area contributed by atoms with Crippen molar-refractivity contribution in [2.24, 2.45) is 5.92 Å². The number of hydrogen-bond donors (Lipinski definition) is 3. The number of nitrogens with zero attached hydrogens (tertiary/aromatic N) is 3. The largest absolute Gasteiger partial charge is 0.472 e. The number of rotatable bonds is 7. The highest BCUT2D eigenvalue weighted by molar-refractivity contribution is 6.00. The van der Waals surface area contributed by atoms with Crippen molar-refractivity contribution >= 4 is 21.8 Å². The lowest BCUT2D eigenvalue weighted by Crippen LogP contribution is -2.20. The van der Waals surface area contributed by atoms with Crippen LogP contribution in [0.15, 0.2) is 78.0 Å². The minimum atomic E-state index is 0.828. The number of aromatic amines is 2. The van der Waals surface area contributed by atoms with E-state index in [1.54, 1.807) is 12.5 Å². The Morgan fingerprint density at radius 3 is 2.70 bits per heavy atom. The Bertz CT molecular complexity index is 1670. The number of pyridine rings is 2. The molecule has 3 N–H and O–H groups in total. The molecule has 1 aliphatic carbocycles. The number of aromatic nitrogens is 5. The van der Waals surface area contributed by atoms with Gasteiger partial charge in [-0.2, -0.15) is 5.10 Å². The van der Waals surface area contributed by atoms with Gasteiger partial charge < -0.3 is 14.7 Å². The van der Waals surface area contributed by atoms with Gasteiger partial charge in [0, 0.05) is 52.6 Å². The van der Waals surface area contributed by atoms with Gasteiger partial charge in [-0.15, -0.1) is 0 Å². The van der Waals surface area contributed by atoms with Gasteiger partial charge in [0.1, 0.15) is 5.69 Å². The summed E-state index contributed by atoms with van der Waals surface area (Å²) in [6.07, 6.45) is 14.6. The molecule has 0 amide bonds. The van der Waals surface area contributed by atoms with Crippen molar-refractivity contribution in [1.29, 1.82) is 0 Å². The summed E-state index contributed by atoms with van der Waals surface area (Å²) >= 11 is 0. The van der Waals surface area contributed by atoms with E-state index in [1.807, 2.05) is 30.7 Å². The van der Waals surface area contributed by atoms with Gasteiger partial charge in [-0.25, -0.2) is 0 Å². The van der Waals surface area contributed by atoms with Crippen molar-refractivity contribution in [3.05, 3.63) is 79.1 Å². The third-order valence-electron chi connectivity index (χ3n) is 7.53. The normalized spacial score (nSPS) is 14.3. The van der Waals surface area contributed by atoms with Gasteiger partial charge in [0.25, 0.3) is 0 Å². The van der Waals surface area contributed by atoms with Gasteiger partial charge in [-0.3, -0.25) is 15.1 Å². The van der Waals surface area contributed by atoms with Crippen LogP contribution < -0.4 is 5.32 Å². The standard InChI is InChI=1S/C30H28N6O/c1-2-4-19(3-1)14-31-15-20-11-23(17-32-16-20)21-5-6-27-24(12-21)30(36-35-27)28-13-25-26(34-28)7-9-33-29(25)22-8-10-37-18-22/h5-13,16-19,31,34H,1-4,14-15H2,(H,35,36). The summed E-state index contributed by atoms with van der Waals surface area (Å²) in [5.41, 5.74) is 9.11. The Kier molecular flexibility index (Phi) is 5.55. The smallest absolute Gasteiger partial charge is 0.116 e. The molecule has 0 unspecified atom stereocenters. The van der Waals surface area contributed by atoms with Crippen molar-refractivity contribution in [2.45, 2.75) is 32.2 Å². The van der Waals surface area contributed by atoms with Crippen molar-refractivity contribution in [3.63, 3.8) is 0 Å². The molecule has 1 saturated carbocycles. The Balaban J connectivity index is 1.20. The molecule has 5 heterocycles. The van der Waals surface area contributed by atoms with Gasteiger partial charge in [0.15, 0.2) is 0 Å². The predicted molar refractivity (Wildman–Crippen MR) is 146 cm³/mol. The molecule has 37 heavy (non-hydrogen) atoms. The quantitative estimate of drug-likeness (QED) is 0.232. The molecule has 0 bridgehead atoms. The molecule has 1 fully saturated rings. The first kappa shape index (κ1) is 22.0. The zero-order valence-electron chi connectivity index (χ0n) is 20.5. The molecule has 5 aromatic heterocycles. The van der Waals surface area contributed by atoms with Crippen molar-refractivity contribution in [1.82, 2.24) is 30.5 Å². The molecule has 6 aromatic rings. The second-order valence-electron chi connectivity index (χ2n) is 10.0. The number of furan rings is 1. The topological polar surface area (TPSA) is 95.4 Å². The summed E-state index contributed by atoms with van der Waals surface area (Å²) in [6.45, 7) is 1.94. The van der Waals surface area contributed by atoms with E-state index in [9.17, 15) is 0 Å². The highest BCUT2D eigenvalue weighted by atomic mass is 16.3. The summed E-state index contributed by atoms with van der Waals surface area (Å²) in [5.74, 6) is 0.828. The van der Waals surface area contributed by atoms with Crippen LogP contribution in [-0.2, 0) is 6.54 Å². The van der Waals surface area contributed by atoms with E-state index in [2.05, 4.69) is 60.8 Å². The first-order chi connectivity index (χ1) is 18.3. The van der Waals surface area contributed by atoms with Gasteiger partial charge in [-0.05, 0) is 72.8 Å². The number of fused-ring (bicyclic) bond motifs is 2. The second kappa shape index (κ2) is 9.33. The molecular formula is C30H28N6O. The SMILES string of the molecule is c1cc2[nH]c(-c3n[nH]c4ccc(-c5cncc(CNCC6CCCC6)c5)cc34)cc2c(-c2ccoc2)n1. The highest BCUT2D eigenvalue weighted by Gasteiger charge is 2.16. The minimum absolute atomic E-state index is 0.828. The number of benzene rings is 1. The van der Waals surface area contributed by atoms with E-state index in [-0.39, 0.29) is 0 Å². The maximum Gasteiger partial charge on any atom is 0.116 e. The zero-order valence-corrected chi connectivity index (χ0v) is 20.5. The molecular weight excluding hydrogens is 460 g/mol. The summed E-state index contributed by atoms with van der Waals surface area (Å²) < 4.78 is 5.29. The van der Waals surface area contributed by atoms with Crippen LogP contribution in [0.1, 0.15) is 31.2 Å². The molecule has 1 aliphatic rings. The first-order valence-corrected chi connectivity index (χ1v) is 13.0. The fourth-order valence-electron chi connectivity index (χ4n) is 5.59. The Hall–Kier alpha value is -4.23. The molecule has 0 spiro atoms. The second-order valence-corrected chi connectivity index (χ2v) is 10.0. The van der Waals surface area contributed by atoms with Crippen molar-refractivity contribution < 1.29 is 4.42 Å². The highest BCUT2D eigenvalue weighted by Crippen LogP contribution is 2.34. The van der Waals surface area contributed by atoms with E-state index in [4.69, 9.17) is 4.42 Å². The van der Waals surface area contributed by atoms with Crippen LogP contribution in [0.2, 0.25) is 0 Å².